The Kier molecular flexibility index (Phi) is 5.73. The maximum Gasteiger partial charge on any atom is 0.251 e. The van der Waals surface area contributed by atoms with Crippen LogP contribution in [0, 0.1) is 0 Å². The van der Waals surface area contributed by atoms with Crippen molar-refractivity contribution in [3.05, 3.63) is 68.0 Å². The second-order valence-corrected chi connectivity index (χ2v) is 5.99. The molecule has 2 N–H and O–H groups in total. The Morgan fingerprint density at radius 1 is 1.24 bits per heavy atom. The summed E-state index contributed by atoms with van der Waals surface area (Å²) in [6.45, 7) is 1.51. The summed E-state index contributed by atoms with van der Waals surface area (Å²) in [4.78, 5) is 16.6. The van der Waals surface area contributed by atoms with Gasteiger partial charge in [0, 0.05) is 35.7 Å². The van der Waals surface area contributed by atoms with Crippen LogP contribution in [0.5, 0.6) is 0 Å². The van der Waals surface area contributed by atoms with Crippen LogP contribution >= 0.6 is 15.9 Å². The van der Waals surface area contributed by atoms with E-state index in [0.717, 1.165) is 27.7 Å². The topological polar surface area (TPSA) is 56.3 Å². The highest BCUT2D eigenvalue weighted by Crippen LogP contribution is 2.20. The van der Waals surface area contributed by atoms with Gasteiger partial charge in [0.05, 0.1) is 6.61 Å². The number of hydrogen-bond donors (Lipinski definition) is 2. The number of likely N-dealkylation sites (N-methyl/N-ethyl adjacent to an activating group) is 1. The minimum absolute atomic E-state index is 0.0489. The number of rotatable bonds is 6. The van der Waals surface area contributed by atoms with Crippen molar-refractivity contribution in [2.45, 2.75) is 13.0 Å². The van der Waals surface area contributed by atoms with E-state index in [-0.39, 0.29) is 12.2 Å². The number of H-pyrrole nitrogens is 1. The second kappa shape index (κ2) is 7.54. The van der Waals surface area contributed by atoms with Gasteiger partial charge in [0.1, 0.15) is 0 Å². The molecule has 4 nitrogen and oxygen atoms in total. The van der Waals surface area contributed by atoms with Crippen molar-refractivity contribution >= 4 is 15.9 Å². The molecular formula is C16H19BrN2O2. The van der Waals surface area contributed by atoms with E-state index < -0.39 is 0 Å². The van der Waals surface area contributed by atoms with Gasteiger partial charge in [-0.15, -0.1) is 0 Å². The van der Waals surface area contributed by atoms with Crippen molar-refractivity contribution in [2.24, 2.45) is 0 Å². The number of aromatic nitrogens is 1. The predicted octanol–water partition coefficient (Wildman–Crippen LogP) is 2.15. The normalized spacial score (nSPS) is 11.0. The Labute approximate surface area is 132 Å². The van der Waals surface area contributed by atoms with Crippen molar-refractivity contribution in [2.75, 3.05) is 20.2 Å². The van der Waals surface area contributed by atoms with Gasteiger partial charge in [-0.2, -0.15) is 0 Å². The Hall–Kier alpha value is -1.43. The predicted molar refractivity (Wildman–Crippen MR) is 87.4 cm³/mol. The summed E-state index contributed by atoms with van der Waals surface area (Å²) in [6, 6.07) is 9.80. The zero-order valence-electron chi connectivity index (χ0n) is 12.0. The lowest BCUT2D eigenvalue weighted by molar-refractivity contribution is 0.217. The van der Waals surface area contributed by atoms with Crippen molar-refractivity contribution < 1.29 is 5.11 Å². The average Bonchev–Trinajstić information content (AvgIpc) is 2.44. The SMILES string of the molecule is CN(CCO)Cc1ccc(Br)cc1Cc1ccc[nH]c1=O. The minimum atomic E-state index is -0.0489. The van der Waals surface area contributed by atoms with Crippen LogP contribution in [0.15, 0.2) is 45.8 Å². The van der Waals surface area contributed by atoms with Crippen LogP contribution < -0.4 is 5.56 Å². The van der Waals surface area contributed by atoms with Crippen LogP contribution in [0.4, 0.5) is 0 Å². The lowest BCUT2D eigenvalue weighted by Crippen LogP contribution is -2.22. The van der Waals surface area contributed by atoms with Gasteiger partial charge in [0.25, 0.3) is 5.56 Å². The highest BCUT2D eigenvalue weighted by Gasteiger charge is 2.09. The standard InChI is InChI=1S/C16H19BrN2O2/c1-19(7-8-20)11-13-4-5-15(17)10-14(13)9-12-3-2-6-18-16(12)21/h2-6,10,20H,7-9,11H2,1H3,(H,18,21). The highest BCUT2D eigenvalue weighted by molar-refractivity contribution is 9.10. The molecule has 112 valence electrons. The molecule has 21 heavy (non-hydrogen) atoms. The molecule has 0 aliphatic carbocycles. The van der Waals surface area contributed by atoms with Gasteiger partial charge in [-0.25, -0.2) is 0 Å². The van der Waals surface area contributed by atoms with Gasteiger partial charge in [-0.1, -0.05) is 28.1 Å². The Morgan fingerprint density at radius 3 is 2.76 bits per heavy atom. The third-order valence-electron chi connectivity index (χ3n) is 3.37. The lowest BCUT2D eigenvalue weighted by Gasteiger charge is -2.18. The number of hydrogen-bond acceptors (Lipinski definition) is 3. The van der Waals surface area contributed by atoms with Crippen molar-refractivity contribution in [1.29, 1.82) is 0 Å². The Morgan fingerprint density at radius 2 is 2.05 bits per heavy atom. The van der Waals surface area contributed by atoms with Crippen molar-refractivity contribution in [3.63, 3.8) is 0 Å². The molecular weight excluding hydrogens is 332 g/mol. The quantitative estimate of drug-likeness (QED) is 0.839. The highest BCUT2D eigenvalue weighted by atomic mass is 79.9. The molecule has 0 aliphatic rings. The molecule has 1 aromatic carbocycles. The number of aliphatic hydroxyl groups is 1. The van der Waals surface area contributed by atoms with E-state index >= 15 is 0 Å². The van der Waals surface area contributed by atoms with E-state index in [4.69, 9.17) is 5.11 Å². The van der Waals surface area contributed by atoms with Gasteiger partial charge in [-0.05, 0) is 36.4 Å². The third kappa shape index (κ3) is 4.52. The van der Waals surface area contributed by atoms with Gasteiger partial charge in [0.2, 0.25) is 0 Å². The van der Waals surface area contributed by atoms with E-state index in [1.165, 1.54) is 0 Å². The van der Waals surface area contributed by atoms with Crippen LogP contribution in [0.3, 0.4) is 0 Å². The Balaban J connectivity index is 2.27. The number of benzene rings is 1. The summed E-state index contributed by atoms with van der Waals surface area (Å²) in [6.07, 6.45) is 2.24. The summed E-state index contributed by atoms with van der Waals surface area (Å²) >= 11 is 3.49. The molecule has 0 radical (unpaired) electrons. The second-order valence-electron chi connectivity index (χ2n) is 5.08. The summed E-state index contributed by atoms with van der Waals surface area (Å²) in [7, 11) is 1.97. The molecule has 0 saturated carbocycles. The molecule has 0 bridgehead atoms. The fourth-order valence-electron chi connectivity index (χ4n) is 2.25. The minimum Gasteiger partial charge on any atom is -0.395 e. The van der Waals surface area contributed by atoms with Crippen LogP contribution in [-0.2, 0) is 13.0 Å². The van der Waals surface area contributed by atoms with E-state index in [0.29, 0.717) is 13.0 Å². The van der Waals surface area contributed by atoms with E-state index in [1.54, 1.807) is 6.20 Å². The third-order valence-corrected chi connectivity index (χ3v) is 3.86. The van der Waals surface area contributed by atoms with E-state index in [2.05, 4.69) is 37.9 Å². The smallest absolute Gasteiger partial charge is 0.251 e. The number of nitrogens with zero attached hydrogens (tertiary/aromatic N) is 1. The number of pyridine rings is 1. The molecule has 0 amide bonds. The molecule has 0 aliphatic heterocycles. The Bertz CT molecular complexity index is 655. The van der Waals surface area contributed by atoms with Crippen LogP contribution in [-0.4, -0.2) is 35.2 Å². The summed E-state index contributed by atoms with van der Waals surface area (Å²) in [5, 5.41) is 9.01. The first kappa shape index (κ1) is 15.9. The van der Waals surface area contributed by atoms with Crippen LogP contribution in [0.2, 0.25) is 0 Å². The maximum absolute atomic E-state index is 11.8. The zero-order chi connectivity index (χ0) is 15.2. The van der Waals surface area contributed by atoms with Gasteiger partial charge >= 0.3 is 0 Å². The fraction of sp³-hybridized carbons (Fsp3) is 0.312. The number of aromatic amines is 1. The summed E-state index contributed by atoms with van der Waals surface area (Å²) < 4.78 is 0.999. The first-order valence-electron chi connectivity index (χ1n) is 6.83. The monoisotopic (exact) mass is 350 g/mol. The molecule has 0 saturated heterocycles. The molecule has 1 aromatic heterocycles. The average molecular weight is 351 g/mol. The first-order chi connectivity index (χ1) is 10.1. The van der Waals surface area contributed by atoms with Crippen LogP contribution in [0.1, 0.15) is 16.7 Å². The molecule has 5 heteroatoms. The summed E-state index contributed by atoms with van der Waals surface area (Å²) in [5.41, 5.74) is 2.98. The van der Waals surface area contributed by atoms with Crippen molar-refractivity contribution in [1.82, 2.24) is 9.88 Å². The summed E-state index contributed by atoms with van der Waals surface area (Å²) in [5.74, 6) is 0. The van der Waals surface area contributed by atoms with Gasteiger partial charge < -0.3 is 10.1 Å². The molecule has 0 fully saturated rings. The molecule has 0 spiro atoms. The fourth-order valence-corrected chi connectivity index (χ4v) is 2.66. The largest absolute Gasteiger partial charge is 0.395 e. The van der Waals surface area contributed by atoms with Gasteiger partial charge in [0.15, 0.2) is 0 Å². The zero-order valence-corrected chi connectivity index (χ0v) is 13.6. The van der Waals surface area contributed by atoms with Crippen LogP contribution in [0.25, 0.3) is 0 Å². The molecule has 1 heterocycles. The molecule has 2 aromatic rings. The van der Waals surface area contributed by atoms with Crippen molar-refractivity contribution in [3.8, 4) is 0 Å². The lowest BCUT2D eigenvalue weighted by atomic mass is 10.0. The number of aliphatic hydroxyl groups excluding tert-OH is 1. The molecule has 0 unspecified atom stereocenters. The van der Waals surface area contributed by atoms with E-state index in [1.807, 2.05) is 25.2 Å². The number of halogens is 1. The molecule has 0 atom stereocenters. The first-order valence-corrected chi connectivity index (χ1v) is 7.62. The number of nitrogens with one attached hydrogen (secondary N) is 1. The molecule has 2 rings (SSSR count). The maximum atomic E-state index is 11.8. The van der Waals surface area contributed by atoms with Gasteiger partial charge in [-0.3, -0.25) is 9.69 Å². The van der Waals surface area contributed by atoms with E-state index in [9.17, 15) is 4.79 Å².